The highest BCUT2D eigenvalue weighted by molar-refractivity contribution is 5.68. The van der Waals surface area contributed by atoms with E-state index in [4.69, 9.17) is 5.11 Å². The Morgan fingerprint density at radius 1 is 1.12 bits per heavy atom. The normalized spacial score (nSPS) is 19.8. The van der Waals surface area contributed by atoms with Crippen molar-refractivity contribution in [2.75, 3.05) is 34.2 Å². The number of hydrogen-bond donors (Lipinski definition) is 1. The third kappa shape index (κ3) is 4.28. The van der Waals surface area contributed by atoms with Crippen LogP contribution < -0.4 is 0 Å². The number of hydrogen-bond acceptors (Lipinski definition) is 3. The van der Waals surface area contributed by atoms with Crippen molar-refractivity contribution in [3.63, 3.8) is 0 Å². The van der Waals surface area contributed by atoms with Gasteiger partial charge in [-0.2, -0.15) is 0 Å². The van der Waals surface area contributed by atoms with E-state index in [1.54, 1.807) is 0 Å². The molecule has 1 aliphatic rings. The number of aliphatic carboxylic acids is 1. The van der Waals surface area contributed by atoms with Gasteiger partial charge in [0, 0.05) is 18.6 Å². The molecule has 0 amide bonds. The van der Waals surface area contributed by atoms with Gasteiger partial charge >= 0.3 is 5.97 Å². The highest BCUT2D eigenvalue weighted by atomic mass is 16.4. The van der Waals surface area contributed by atoms with Crippen LogP contribution in [0.5, 0.6) is 0 Å². The molecular formula is C13H26N2O2. The highest BCUT2D eigenvalue weighted by Crippen LogP contribution is 2.35. The Bertz CT molecular complexity index is 248. The van der Waals surface area contributed by atoms with Crippen molar-refractivity contribution in [1.82, 2.24) is 9.80 Å². The summed E-state index contributed by atoms with van der Waals surface area (Å²) in [4.78, 5) is 15.5. The van der Waals surface area contributed by atoms with Crippen LogP contribution in [0.25, 0.3) is 0 Å². The van der Waals surface area contributed by atoms with Gasteiger partial charge in [0.1, 0.15) is 0 Å². The molecule has 0 aromatic carbocycles. The van der Waals surface area contributed by atoms with Gasteiger partial charge in [-0.15, -0.1) is 0 Å². The second-order valence-electron chi connectivity index (χ2n) is 5.58. The van der Waals surface area contributed by atoms with Crippen LogP contribution in [0.4, 0.5) is 0 Å². The SMILES string of the molecule is CN(C)CCN(C)C1(CC(=O)O)CCCCC1. The van der Waals surface area contributed by atoms with E-state index in [-0.39, 0.29) is 12.0 Å². The molecule has 4 nitrogen and oxygen atoms in total. The lowest BCUT2D eigenvalue weighted by Gasteiger charge is -2.44. The number of rotatable bonds is 6. The Kier molecular flexibility index (Phi) is 5.40. The third-order valence-corrected chi connectivity index (χ3v) is 3.96. The van der Waals surface area contributed by atoms with Gasteiger partial charge in [0.2, 0.25) is 0 Å². The maximum absolute atomic E-state index is 11.1. The first-order valence-electron chi connectivity index (χ1n) is 6.54. The second-order valence-corrected chi connectivity index (χ2v) is 5.58. The molecule has 0 spiro atoms. The fourth-order valence-corrected chi connectivity index (χ4v) is 2.77. The Morgan fingerprint density at radius 3 is 2.18 bits per heavy atom. The van der Waals surface area contributed by atoms with Crippen molar-refractivity contribution in [1.29, 1.82) is 0 Å². The fourth-order valence-electron chi connectivity index (χ4n) is 2.77. The number of carbonyl (C=O) groups is 1. The minimum atomic E-state index is -0.663. The molecule has 1 saturated carbocycles. The zero-order valence-corrected chi connectivity index (χ0v) is 11.4. The van der Waals surface area contributed by atoms with Crippen LogP contribution >= 0.6 is 0 Å². The summed E-state index contributed by atoms with van der Waals surface area (Å²) in [6.45, 7) is 1.93. The molecule has 0 aromatic rings. The second kappa shape index (κ2) is 6.36. The van der Waals surface area contributed by atoms with Crippen LogP contribution in [-0.4, -0.2) is 60.6 Å². The maximum atomic E-state index is 11.1. The largest absolute Gasteiger partial charge is 0.481 e. The van der Waals surface area contributed by atoms with Crippen molar-refractivity contribution in [3.05, 3.63) is 0 Å². The number of carboxylic acid groups (broad SMARTS) is 1. The Morgan fingerprint density at radius 2 is 1.71 bits per heavy atom. The zero-order chi connectivity index (χ0) is 12.9. The molecule has 0 radical (unpaired) electrons. The van der Waals surface area contributed by atoms with Crippen LogP contribution in [0, 0.1) is 0 Å². The van der Waals surface area contributed by atoms with Gasteiger partial charge in [0.05, 0.1) is 6.42 Å². The first kappa shape index (κ1) is 14.5. The fraction of sp³-hybridized carbons (Fsp3) is 0.923. The summed E-state index contributed by atoms with van der Waals surface area (Å²) in [5.41, 5.74) is -0.0971. The molecule has 0 heterocycles. The van der Waals surface area contributed by atoms with Gasteiger partial charge < -0.3 is 10.0 Å². The predicted molar refractivity (Wildman–Crippen MR) is 69.3 cm³/mol. The maximum Gasteiger partial charge on any atom is 0.305 e. The zero-order valence-electron chi connectivity index (χ0n) is 11.4. The van der Waals surface area contributed by atoms with Gasteiger partial charge in [-0.25, -0.2) is 0 Å². The van der Waals surface area contributed by atoms with Crippen LogP contribution in [-0.2, 0) is 4.79 Å². The standard InChI is InChI=1S/C13H26N2O2/c1-14(2)9-10-15(3)13(11-12(16)17)7-5-4-6-8-13/h4-11H2,1-3H3,(H,16,17). The van der Waals surface area contributed by atoms with Gasteiger partial charge in [0.15, 0.2) is 0 Å². The van der Waals surface area contributed by atoms with Crippen LogP contribution in [0.2, 0.25) is 0 Å². The minimum absolute atomic E-state index is 0.0971. The van der Waals surface area contributed by atoms with Crippen molar-refractivity contribution in [3.8, 4) is 0 Å². The van der Waals surface area contributed by atoms with Crippen molar-refractivity contribution in [2.24, 2.45) is 0 Å². The summed E-state index contributed by atoms with van der Waals surface area (Å²) < 4.78 is 0. The molecule has 1 N–H and O–H groups in total. The molecule has 100 valence electrons. The van der Waals surface area contributed by atoms with Gasteiger partial charge in [-0.1, -0.05) is 19.3 Å². The molecule has 0 saturated heterocycles. The molecule has 1 fully saturated rings. The third-order valence-electron chi connectivity index (χ3n) is 3.96. The first-order valence-corrected chi connectivity index (χ1v) is 6.54. The summed E-state index contributed by atoms with van der Waals surface area (Å²) in [7, 11) is 6.19. The van der Waals surface area contributed by atoms with E-state index < -0.39 is 5.97 Å². The topological polar surface area (TPSA) is 43.8 Å². The number of carboxylic acids is 1. The molecule has 1 aliphatic carbocycles. The van der Waals surface area contributed by atoms with Crippen LogP contribution in [0.1, 0.15) is 38.5 Å². The summed E-state index contributed by atoms with van der Waals surface area (Å²) >= 11 is 0. The Balaban J connectivity index is 2.63. The number of nitrogens with zero attached hydrogens (tertiary/aromatic N) is 2. The molecule has 17 heavy (non-hydrogen) atoms. The van der Waals surface area contributed by atoms with Crippen molar-refractivity contribution < 1.29 is 9.90 Å². The number of likely N-dealkylation sites (N-methyl/N-ethyl adjacent to an activating group) is 2. The van der Waals surface area contributed by atoms with E-state index in [1.165, 1.54) is 19.3 Å². The molecule has 4 heteroatoms. The van der Waals surface area contributed by atoms with E-state index >= 15 is 0 Å². The molecule has 0 bridgehead atoms. The smallest absolute Gasteiger partial charge is 0.305 e. The van der Waals surface area contributed by atoms with Crippen molar-refractivity contribution >= 4 is 5.97 Å². The van der Waals surface area contributed by atoms with Gasteiger partial charge in [0.25, 0.3) is 0 Å². The molecule has 1 rings (SSSR count). The minimum Gasteiger partial charge on any atom is -0.481 e. The average Bonchev–Trinajstić information content (AvgIpc) is 2.26. The van der Waals surface area contributed by atoms with Gasteiger partial charge in [-0.3, -0.25) is 9.69 Å². The van der Waals surface area contributed by atoms with E-state index in [2.05, 4.69) is 30.9 Å². The van der Waals surface area contributed by atoms with E-state index in [1.807, 2.05) is 0 Å². The lowest BCUT2D eigenvalue weighted by Crippen LogP contribution is -2.51. The predicted octanol–water partition coefficient (Wildman–Crippen LogP) is 1.66. The lowest BCUT2D eigenvalue weighted by atomic mass is 9.78. The molecule has 0 unspecified atom stereocenters. The van der Waals surface area contributed by atoms with Crippen LogP contribution in [0.15, 0.2) is 0 Å². The summed E-state index contributed by atoms with van der Waals surface area (Å²) in [6.07, 6.45) is 5.94. The Hall–Kier alpha value is -0.610. The quantitative estimate of drug-likeness (QED) is 0.769. The van der Waals surface area contributed by atoms with E-state index in [0.29, 0.717) is 0 Å². The van der Waals surface area contributed by atoms with Crippen LogP contribution in [0.3, 0.4) is 0 Å². The van der Waals surface area contributed by atoms with Gasteiger partial charge in [-0.05, 0) is 34.0 Å². The molecule has 0 aliphatic heterocycles. The molecule has 0 atom stereocenters. The first-order chi connectivity index (χ1) is 7.96. The molecular weight excluding hydrogens is 216 g/mol. The lowest BCUT2D eigenvalue weighted by molar-refractivity contribution is -0.141. The van der Waals surface area contributed by atoms with Crippen molar-refractivity contribution in [2.45, 2.75) is 44.1 Å². The summed E-state index contributed by atoms with van der Waals surface area (Å²) in [6, 6.07) is 0. The summed E-state index contributed by atoms with van der Waals surface area (Å²) in [5.74, 6) is -0.663. The summed E-state index contributed by atoms with van der Waals surface area (Å²) in [5, 5.41) is 9.12. The highest BCUT2D eigenvalue weighted by Gasteiger charge is 2.37. The molecule has 0 aromatic heterocycles. The van der Waals surface area contributed by atoms with E-state index in [9.17, 15) is 4.79 Å². The average molecular weight is 242 g/mol. The Labute approximate surface area is 105 Å². The van der Waals surface area contributed by atoms with E-state index in [0.717, 1.165) is 25.9 Å². The monoisotopic (exact) mass is 242 g/mol.